The van der Waals surface area contributed by atoms with Crippen molar-refractivity contribution >= 4 is 17.7 Å². The van der Waals surface area contributed by atoms with Gasteiger partial charge in [0.25, 0.3) is 0 Å². The number of thioether (sulfide) groups is 1. The smallest absolute Gasteiger partial charge is 0.307 e. The van der Waals surface area contributed by atoms with E-state index in [9.17, 15) is 4.79 Å². The van der Waals surface area contributed by atoms with Crippen LogP contribution in [-0.2, 0) is 16.1 Å². The fourth-order valence-electron chi connectivity index (χ4n) is 3.43. The lowest BCUT2D eigenvalue weighted by Crippen LogP contribution is -2.27. The number of aromatic nitrogens is 1. The first-order chi connectivity index (χ1) is 12.5. The summed E-state index contributed by atoms with van der Waals surface area (Å²) in [4.78, 5) is 15.5. The summed E-state index contributed by atoms with van der Waals surface area (Å²) >= 11 is 1.75. The molecule has 0 amide bonds. The van der Waals surface area contributed by atoms with Crippen molar-refractivity contribution in [3.05, 3.63) is 47.7 Å². The molecule has 2 saturated carbocycles. The fraction of sp³-hybridized carbons (Fsp3) is 0.500. The molecule has 6 heteroatoms. The Morgan fingerprint density at radius 2 is 2.31 bits per heavy atom. The van der Waals surface area contributed by atoms with Crippen LogP contribution in [0.25, 0.3) is 0 Å². The maximum atomic E-state index is 15.2. The van der Waals surface area contributed by atoms with Crippen molar-refractivity contribution in [3.63, 3.8) is 0 Å². The number of pyridine rings is 1. The van der Waals surface area contributed by atoms with Gasteiger partial charge in [-0.05, 0) is 37.3 Å². The van der Waals surface area contributed by atoms with Crippen molar-refractivity contribution in [2.24, 2.45) is 11.8 Å². The van der Waals surface area contributed by atoms with Gasteiger partial charge in [0.15, 0.2) is 0 Å². The van der Waals surface area contributed by atoms with Gasteiger partial charge in [0.1, 0.15) is 5.03 Å². The number of carboxylic acid groups (broad SMARTS) is 1. The monoisotopic (exact) mass is 375 g/mol. The molecule has 1 aromatic heterocycles. The first-order valence-corrected chi connectivity index (χ1v) is 9.96. The Labute approximate surface area is 156 Å². The molecule has 3 aliphatic carbocycles. The minimum atomic E-state index is -1.88. The van der Waals surface area contributed by atoms with Crippen molar-refractivity contribution < 1.29 is 19.0 Å². The Balaban J connectivity index is 1.38. The second kappa shape index (κ2) is 7.16. The number of hydrogen-bond acceptors (Lipinski definition) is 4. The number of allylic oxidation sites excluding steroid dienone is 2. The molecule has 1 N–H and O–H groups in total. The number of aliphatic carboxylic acids is 1. The fourth-order valence-corrected chi connectivity index (χ4v) is 4.71. The molecule has 0 spiro atoms. The quantitative estimate of drug-likeness (QED) is 0.759. The Kier molecular flexibility index (Phi) is 4.88. The maximum Gasteiger partial charge on any atom is 0.307 e. The minimum Gasteiger partial charge on any atom is -0.481 e. The number of ether oxygens (including phenoxy) is 1. The first-order valence-electron chi connectivity index (χ1n) is 9.08. The van der Waals surface area contributed by atoms with Gasteiger partial charge in [0.05, 0.1) is 12.5 Å². The molecule has 0 saturated heterocycles. The highest BCUT2D eigenvalue weighted by Crippen LogP contribution is 2.48. The Morgan fingerprint density at radius 1 is 1.46 bits per heavy atom. The van der Waals surface area contributed by atoms with E-state index >= 15 is 4.39 Å². The van der Waals surface area contributed by atoms with Gasteiger partial charge < -0.3 is 9.84 Å². The second-order valence-corrected chi connectivity index (χ2v) is 8.57. The molecule has 3 atom stereocenters. The zero-order valence-corrected chi connectivity index (χ0v) is 15.3. The summed E-state index contributed by atoms with van der Waals surface area (Å²) in [5.74, 6) is -3.12. The number of carboxylic acids is 1. The molecule has 3 aliphatic rings. The van der Waals surface area contributed by atoms with Gasteiger partial charge >= 0.3 is 5.97 Å². The largest absolute Gasteiger partial charge is 0.481 e. The predicted octanol–water partition coefficient (Wildman–Crippen LogP) is 4.52. The number of halogens is 1. The first kappa shape index (κ1) is 17.7. The third kappa shape index (κ3) is 3.86. The van der Waals surface area contributed by atoms with Crippen LogP contribution >= 0.6 is 11.8 Å². The summed E-state index contributed by atoms with van der Waals surface area (Å²) in [5, 5.41) is 10.6. The SMILES string of the molecule is O=C(O)C1CC1C1=CC=CC(F)(OCc2cccnc2SC2CCC2)C1. The van der Waals surface area contributed by atoms with Crippen molar-refractivity contribution in [3.8, 4) is 0 Å². The summed E-state index contributed by atoms with van der Waals surface area (Å²) < 4.78 is 20.8. The van der Waals surface area contributed by atoms with Crippen molar-refractivity contribution in [2.45, 2.75) is 54.8 Å². The third-order valence-corrected chi connectivity index (χ3v) is 6.73. The van der Waals surface area contributed by atoms with Crippen LogP contribution in [-0.4, -0.2) is 27.2 Å². The highest BCUT2D eigenvalue weighted by Gasteiger charge is 2.47. The van der Waals surface area contributed by atoms with E-state index in [-0.39, 0.29) is 24.9 Å². The molecule has 0 radical (unpaired) electrons. The molecule has 0 aliphatic heterocycles. The Bertz CT molecular complexity index is 761. The number of nitrogens with zero attached hydrogens (tertiary/aromatic N) is 1. The molecule has 1 aromatic rings. The van der Waals surface area contributed by atoms with E-state index in [4.69, 9.17) is 9.84 Å². The Hall–Kier alpha value is -1.66. The van der Waals surface area contributed by atoms with Gasteiger partial charge in [-0.2, -0.15) is 0 Å². The molecular formula is C20H22FNO3S. The van der Waals surface area contributed by atoms with Gasteiger partial charge in [-0.1, -0.05) is 30.2 Å². The van der Waals surface area contributed by atoms with E-state index in [1.165, 1.54) is 25.3 Å². The van der Waals surface area contributed by atoms with Crippen LogP contribution in [0.2, 0.25) is 0 Å². The van der Waals surface area contributed by atoms with Crippen LogP contribution in [0.3, 0.4) is 0 Å². The zero-order chi connectivity index (χ0) is 18.1. The normalized spacial score (nSPS) is 30.6. The van der Waals surface area contributed by atoms with E-state index in [1.807, 2.05) is 18.2 Å². The average Bonchev–Trinajstić information content (AvgIpc) is 3.38. The van der Waals surface area contributed by atoms with E-state index in [2.05, 4.69) is 4.98 Å². The third-order valence-electron chi connectivity index (χ3n) is 5.33. The predicted molar refractivity (Wildman–Crippen MR) is 97.4 cm³/mol. The number of carbonyl (C=O) groups is 1. The lowest BCUT2D eigenvalue weighted by Gasteiger charge is -2.27. The van der Waals surface area contributed by atoms with Crippen LogP contribution in [0.1, 0.15) is 37.7 Å². The highest BCUT2D eigenvalue weighted by molar-refractivity contribution is 8.00. The molecule has 0 bridgehead atoms. The molecule has 26 heavy (non-hydrogen) atoms. The van der Waals surface area contributed by atoms with Crippen molar-refractivity contribution in [2.75, 3.05) is 0 Å². The molecule has 2 fully saturated rings. The van der Waals surface area contributed by atoms with E-state index in [1.54, 1.807) is 24.0 Å². The van der Waals surface area contributed by atoms with Gasteiger partial charge in [-0.15, -0.1) is 11.8 Å². The van der Waals surface area contributed by atoms with E-state index in [0.717, 1.165) is 16.2 Å². The number of alkyl halides is 1. The van der Waals surface area contributed by atoms with E-state index in [0.29, 0.717) is 11.7 Å². The molecule has 0 aromatic carbocycles. The molecule has 3 unspecified atom stereocenters. The maximum absolute atomic E-state index is 15.2. The summed E-state index contributed by atoms with van der Waals surface area (Å²) in [6.45, 7) is 0.157. The molecule has 1 heterocycles. The highest BCUT2D eigenvalue weighted by atomic mass is 32.2. The molecular weight excluding hydrogens is 353 g/mol. The lowest BCUT2D eigenvalue weighted by atomic mass is 9.96. The Morgan fingerprint density at radius 3 is 3.00 bits per heavy atom. The molecule has 138 valence electrons. The number of rotatable bonds is 7. The molecule has 4 nitrogen and oxygen atoms in total. The van der Waals surface area contributed by atoms with Gasteiger partial charge in [0.2, 0.25) is 5.85 Å². The van der Waals surface area contributed by atoms with Crippen LogP contribution in [0.4, 0.5) is 4.39 Å². The second-order valence-electron chi connectivity index (χ2n) is 7.28. The lowest BCUT2D eigenvalue weighted by molar-refractivity contribution is -0.139. The standard InChI is InChI=1S/C20H22FNO3S/c21-20(8-2-4-13(11-20)16-10-17(16)19(23)24)25-12-14-5-3-9-22-18(14)26-15-6-1-7-15/h2-5,8-9,15-17H,1,6-7,10-12H2,(H,23,24). The summed E-state index contributed by atoms with van der Waals surface area (Å²) in [7, 11) is 0. The summed E-state index contributed by atoms with van der Waals surface area (Å²) in [6, 6.07) is 3.78. The van der Waals surface area contributed by atoms with Crippen LogP contribution in [0.5, 0.6) is 0 Å². The molecule has 4 rings (SSSR count). The zero-order valence-electron chi connectivity index (χ0n) is 14.4. The number of hydrogen-bond donors (Lipinski definition) is 1. The summed E-state index contributed by atoms with van der Waals surface area (Å²) in [6.07, 6.45) is 11.0. The van der Waals surface area contributed by atoms with E-state index < -0.39 is 11.8 Å². The minimum absolute atomic E-state index is 0.0562. The summed E-state index contributed by atoms with van der Waals surface area (Å²) in [5.41, 5.74) is 1.73. The van der Waals surface area contributed by atoms with Crippen LogP contribution in [0, 0.1) is 11.8 Å². The van der Waals surface area contributed by atoms with Crippen LogP contribution in [0.15, 0.2) is 47.2 Å². The van der Waals surface area contributed by atoms with Crippen LogP contribution < -0.4 is 0 Å². The topological polar surface area (TPSA) is 59.4 Å². The van der Waals surface area contributed by atoms with Crippen molar-refractivity contribution in [1.29, 1.82) is 0 Å². The van der Waals surface area contributed by atoms with Gasteiger partial charge in [-0.3, -0.25) is 4.79 Å². The van der Waals surface area contributed by atoms with Crippen molar-refractivity contribution in [1.82, 2.24) is 4.98 Å². The van der Waals surface area contributed by atoms with Gasteiger partial charge in [-0.25, -0.2) is 9.37 Å². The average molecular weight is 375 g/mol. The van der Waals surface area contributed by atoms with Gasteiger partial charge in [0, 0.05) is 23.4 Å².